The third kappa shape index (κ3) is 4.72. The van der Waals surface area contributed by atoms with Crippen LogP contribution in [0.3, 0.4) is 0 Å². The Balaban J connectivity index is 1.69. The number of aryl methyl sites for hydroxylation is 1. The molecular weight excluding hydrogens is 537 g/mol. The van der Waals surface area contributed by atoms with Gasteiger partial charge in [0.15, 0.2) is 5.82 Å². The second-order valence-electron chi connectivity index (χ2n) is 9.13. The van der Waals surface area contributed by atoms with Gasteiger partial charge in [-0.1, -0.05) is 28.9 Å². The number of benzene rings is 1. The SMILES string of the molecule is CC[C@@H]1CN(c2nc(=O)n(C)c3ccc(C#N)nc23)C(C)CN1C(C)c1ccc(C(F)(F)F)c(Br)c1. The Morgan fingerprint density at radius 1 is 1.22 bits per heavy atom. The highest BCUT2D eigenvalue weighted by atomic mass is 79.9. The van der Waals surface area contributed by atoms with Crippen molar-refractivity contribution in [2.45, 2.75) is 51.5 Å². The molecule has 7 nitrogen and oxygen atoms in total. The van der Waals surface area contributed by atoms with Crippen LogP contribution in [0, 0.1) is 11.3 Å². The number of aromatic nitrogens is 3. The Morgan fingerprint density at radius 2 is 1.94 bits per heavy atom. The van der Waals surface area contributed by atoms with Gasteiger partial charge < -0.3 is 4.90 Å². The maximum atomic E-state index is 13.2. The lowest BCUT2D eigenvalue weighted by molar-refractivity contribution is -0.138. The summed E-state index contributed by atoms with van der Waals surface area (Å²) in [6, 6.07) is 9.37. The minimum Gasteiger partial charge on any atom is -0.349 e. The monoisotopic (exact) mass is 562 g/mol. The van der Waals surface area contributed by atoms with Crippen LogP contribution in [0.15, 0.2) is 39.6 Å². The van der Waals surface area contributed by atoms with Crippen molar-refractivity contribution in [3.63, 3.8) is 0 Å². The van der Waals surface area contributed by atoms with Crippen molar-refractivity contribution in [1.82, 2.24) is 19.4 Å². The summed E-state index contributed by atoms with van der Waals surface area (Å²) in [6.45, 7) is 7.23. The number of rotatable bonds is 4. The lowest BCUT2D eigenvalue weighted by atomic mass is 9.98. The number of hydrogen-bond acceptors (Lipinski definition) is 6. The average Bonchev–Trinajstić information content (AvgIpc) is 2.84. The molecular formula is C25H26BrF3N6O. The van der Waals surface area contributed by atoms with Gasteiger partial charge in [-0.05, 0) is 50.1 Å². The highest BCUT2D eigenvalue weighted by Crippen LogP contribution is 2.38. The van der Waals surface area contributed by atoms with Gasteiger partial charge in [0.2, 0.25) is 0 Å². The Labute approximate surface area is 215 Å². The number of piperazine rings is 1. The van der Waals surface area contributed by atoms with Crippen LogP contribution in [-0.2, 0) is 13.2 Å². The fraction of sp³-hybridized carbons (Fsp3) is 0.440. The molecule has 0 amide bonds. The smallest absolute Gasteiger partial charge is 0.349 e. The number of alkyl halides is 3. The Morgan fingerprint density at radius 3 is 2.56 bits per heavy atom. The van der Waals surface area contributed by atoms with E-state index in [4.69, 9.17) is 0 Å². The predicted molar refractivity (Wildman–Crippen MR) is 135 cm³/mol. The van der Waals surface area contributed by atoms with E-state index in [2.05, 4.69) is 42.6 Å². The van der Waals surface area contributed by atoms with E-state index < -0.39 is 17.4 Å². The highest BCUT2D eigenvalue weighted by molar-refractivity contribution is 9.10. The van der Waals surface area contributed by atoms with E-state index in [0.717, 1.165) is 18.1 Å². The van der Waals surface area contributed by atoms with Gasteiger partial charge in [0.25, 0.3) is 0 Å². The lowest BCUT2D eigenvalue weighted by Crippen LogP contribution is -2.58. The van der Waals surface area contributed by atoms with Crippen LogP contribution in [0.1, 0.15) is 50.1 Å². The molecule has 3 heterocycles. The molecule has 1 fully saturated rings. The van der Waals surface area contributed by atoms with Gasteiger partial charge in [0.05, 0.1) is 11.1 Å². The number of nitrogens with zero attached hydrogens (tertiary/aromatic N) is 6. The molecule has 0 saturated carbocycles. The van der Waals surface area contributed by atoms with E-state index in [1.54, 1.807) is 25.2 Å². The Bertz CT molecular complexity index is 1400. The molecule has 0 spiro atoms. The van der Waals surface area contributed by atoms with E-state index in [1.165, 1.54) is 10.6 Å². The van der Waals surface area contributed by atoms with Crippen LogP contribution in [-0.4, -0.2) is 44.6 Å². The molecule has 0 N–H and O–H groups in total. The van der Waals surface area contributed by atoms with Crippen molar-refractivity contribution in [2.24, 2.45) is 7.05 Å². The van der Waals surface area contributed by atoms with Crippen LogP contribution in [0.2, 0.25) is 0 Å². The number of hydrogen-bond donors (Lipinski definition) is 0. The quantitative estimate of drug-likeness (QED) is 0.443. The average molecular weight is 563 g/mol. The molecule has 3 aromatic rings. The molecule has 1 aliphatic heterocycles. The third-order valence-corrected chi connectivity index (χ3v) is 7.61. The van der Waals surface area contributed by atoms with Crippen molar-refractivity contribution in [1.29, 1.82) is 5.26 Å². The summed E-state index contributed by atoms with van der Waals surface area (Å²) in [5, 5.41) is 9.35. The molecule has 2 unspecified atom stereocenters. The summed E-state index contributed by atoms with van der Waals surface area (Å²) in [5.74, 6) is 0.445. The molecule has 1 aromatic carbocycles. The number of fused-ring (bicyclic) bond motifs is 1. The zero-order valence-corrected chi connectivity index (χ0v) is 21.9. The summed E-state index contributed by atoms with van der Waals surface area (Å²) in [7, 11) is 1.62. The molecule has 0 aliphatic carbocycles. The molecule has 11 heteroatoms. The van der Waals surface area contributed by atoms with Gasteiger partial charge in [0, 0.05) is 42.7 Å². The lowest BCUT2D eigenvalue weighted by Gasteiger charge is -2.48. The number of halogens is 4. The van der Waals surface area contributed by atoms with E-state index in [-0.39, 0.29) is 28.3 Å². The molecule has 2 aromatic heterocycles. The van der Waals surface area contributed by atoms with Crippen LogP contribution in [0.4, 0.5) is 19.0 Å². The first-order valence-electron chi connectivity index (χ1n) is 11.6. The second-order valence-corrected chi connectivity index (χ2v) is 9.98. The molecule has 4 rings (SSSR count). The highest BCUT2D eigenvalue weighted by Gasteiger charge is 2.37. The van der Waals surface area contributed by atoms with E-state index in [9.17, 15) is 23.2 Å². The number of nitriles is 1. The van der Waals surface area contributed by atoms with Crippen LogP contribution < -0.4 is 10.6 Å². The van der Waals surface area contributed by atoms with Gasteiger partial charge in [-0.15, -0.1) is 0 Å². The molecule has 1 saturated heterocycles. The van der Waals surface area contributed by atoms with Crippen LogP contribution in [0.5, 0.6) is 0 Å². The Hall–Kier alpha value is -2.97. The number of pyridine rings is 1. The molecule has 0 bridgehead atoms. The molecule has 3 atom stereocenters. The fourth-order valence-corrected chi connectivity index (χ4v) is 5.50. The molecule has 190 valence electrons. The van der Waals surface area contributed by atoms with E-state index in [1.807, 2.05) is 19.9 Å². The normalized spacial score (nSPS) is 19.9. The van der Waals surface area contributed by atoms with Crippen molar-refractivity contribution in [2.75, 3.05) is 18.0 Å². The van der Waals surface area contributed by atoms with Gasteiger partial charge >= 0.3 is 11.9 Å². The van der Waals surface area contributed by atoms with Crippen LogP contribution in [0.25, 0.3) is 11.0 Å². The minimum absolute atomic E-state index is 0.0225. The molecule has 0 radical (unpaired) electrons. The first kappa shape index (κ1) is 26.1. The van der Waals surface area contributed by atoms with E-state index in [0.29, 0.717) is 29.9 Å². The fourth-order valence-electron chi connectivity index (χ4n) is 4.88. The van der Waals surface area contributed by atoms with Crippen molar-refractivity contribution < 1.29 is 13.2 Å². The summed E-state index contributed by atoms with van der Waals surface area (Å²) in [6.07, 6.45) is -3.64. The van der Waals surface area contributed by atoms with Crippen LogP contribution >= 0.6 is 15.9 Å². The largest absolute Gasteiger partial charge is 0.417 e. The summed E-state index contributed by atoms with van der Waals surface area (Å²) in [5.41, 5.74) is 1.00. The summed E-state index contributed by atoms with van der Waals surface area (Å²) in [4.78, 5) is 25.8. The van der Waals surface area contributed by atoms with Crippen molar-refractivity contribution in [3.8, 4) is 6.07 Å². The zero-order valence-electron chi connectivity index (χ0n) is 20.3. The molecule has 36 heavy (non-hydrogen) atoms. The minimum atomic E-state index is -4.42. The predicted octanol–water partition coefficient (Wildman–Crippen LogP) is 5.03. The maximum Gasteiger partial charge on any atom is 0.417 e. The van der Waals surface area contributed by atoms with Gasteiger partial charge in [-0.2, -0.15) is 23.4 Å². The Kier molecular flexibility index (Phi) is 7.12. The van der Waals surface area contributed by atoms with Crippen molar-refractivity contribution >= 4 is 32.8 Å². The summed E-state index contributed by atoms with van der Waals surface area (Å²) >= 11 is 3.09. The zero-order chi connectivity index (χ0) is 26.4. The standard InChI is InChI=1S/C25H26BrF3N6O/c1-5-18-13-34(23-22-21(33(4)24(36)32-23)9-7-17(11-30)31-22)14(2)12-35(18)15(3)16-6-8-19(20(26)10-16)25(27,28)29/h6-10,14-15,18H,5,12-13H2,1-4H3/t14?,15?,18-/m1/s1. The van der Waals surface area contributed by atoms with Gasteiger partial charge in [0.1, 0.15) is 17.3 Å². The van der Waals surface area contributed by atoms with Gasteiger partial charge in [-0.25, -0.2) is 9.78 Å². The third-order valence-electron chi connectivity index (χ3n) is 6.96. The van der Waals surface area contributed by atoms with Crippen molar-refractivity contribution in [3.05, 3.63) is 62.1 Å². The van der Waals surface area contributed by atoms with Gasteiger partial charge in [-0.3, -0.25) is 9.47 Å². The second kappa shape index (κ2) is 9.82. The van der Waals surface area contributed by atoms with E-state index >= 15 is 0 Å². The first-order valence-corrected chi connectivity index (χ1v) is 12.4. The topological polar surface area (TPSA) is 78.0 Å². The summed E-state index contributed by atoms with van der Waals surface area (Å²) < 4.78 is 41.1. The number of anilines is 1. The molecule has 1 aliphatic rings. The first-order chi connectivity index (χ1) is 17.0. The maximum absolute atomic E-state index is 13.2.